The Morgan fingerprint density at radius 3 is 2.35 bits per heavy atom. The van der Waals surface area contributed by atoms with E-state index in [1.54, 1.807) is 18.2 Å². The van der Waals surface area contributed by atoms with E-state index in [4.69, 9.17) is 32.7 Å². The van der Waals surface area contributed by atoms with Crippen LogP contribution in [0, 0.1) is 5.82 Å². The van der Waals surface area contributed by atoms with E-state index in [-0.39, 0.29) is 27.7 Å². The van der Waals surface area contributed by atoms with Crippen molar-refractivity contribution in [1.29, 1.82) is 0 Å². The molecule has 0 aliphatic heterocycles. The third-order valence-electron chi connectivity index (χ3n) is 4.83. The maximum absolute atomic E-state index is 14.6. The lowest BCUT2D eigenvalue weighted by atomic mass is 10.1. The number of benzene rings is 3. The number of halogens is 3. The van der Waals surface area contributed by atoms with Crippen molar-refractivity contribution in [2.45, 2.75) is 11.3 Å². The van der Waals surface area contributed by atoms with Crippen LogP contribution >= 0.6 is 23.2 Å². The Balaban J connectivity index is 1.66. The molecular weight excluding hydrogens is 506 g/mol. The predicted molar refractivity (Wildman–Crippen MR) is 129 cm³/mol. The summed E-state index contributed by atoms with van der Waals surface area (Å²) in [6.45, 7) is 0.0764. The fraction of sp³-hybridized carbons (Fsp3) is 0.174. The van der Waals surface area contributed by atoms with Crippen LogP contribution in [0.25, 0.3) is 0 Å². The standard InChI is InChI=1S/C23H21Cl2FN2O5S/c1-32-21-8-3-14(11-22(21)33-2)9-10-27-34(30,31)16-5-7-20(19(26)13-16)28-23(29)17-6-4-15(24)12-18(17)25/h3-8,11-13,27H,9-10H2,1-2H3,(H,28,29). The van der Waals surface area contributed by atoms with Crippen molar-refractivity contribution in [2.75, 3.05) is 26.1 Å². The molecule has 0 spiro atoms. The van der Waals surface area contributed by atoms with Crippen LogP contribution in [0.1, 0.15) is 15.9 Å². The Hall–Kier alpha value is -2.85. The molecule has 0 atom stereocenters. The number of ether oxygens (including phenoxy) is 2. The molecule has 2 N–H and O–H groups in total. The number of rotatable bonds is 9. The second-order valence-corrected chi connectivity index (χ2v) is 9.67. The lowest BCUT2D eigenvalue weighted by molar-refractivity contribution is 0.102. The minimum Gasteiger partial charge on any atom is -0.493 e. The normalized spacial score (nSPS) is 11.2. The van der Waals surface area contributed by atoms with Gasteiger partial charge in [-0.1, -0.05) is 29.3 Å². The van der Waals surface area contributed by atoms with Gasteiger partial charge in [0.1, 0.15) is 5.82 Å². The molecule has 34 heavy (non-hydrogen) atoms. The molecule has 0 aliphatic carbocycles. The average molecular weight is 527 g/mol. The van der Waals surface area contributed by atoms with Gasteiger partial charge in [-0.3, -0.25) is 4.79 Å². The first kappa shape index (κ1) is 25.8. The van der Waals surface area contributed by atoms with Gasteiger partial charge in [-0.25, -0.2) is 17.5 Å². The van der Waals surface area contributed by atoms with Gasteiger partial charge in [0, 0.05) is 11.6 Å². The third kappa shape index (κ3) is 6.18. The highest BCUT2D eigenvalue weighted by atomic mass is 35.5. The Labute approximate surface area is 206 Å². The van der Waals surface area contributed by atoms with Crippen LogP contribution in [0.5, 0.6) is 11.5 Å². The van der Waals surface area contributed by atoms with Crippen molar-refractivity contribution < 1.29 is 27.1 Å². The highest BCUT2D eigenvalue weighted by Crippen LogP contribution is 2.28. The molecule has 0 saturated heterocycles. The van der Waals surface area contributed by atoms with Crippen LogP contribution in [0.3, 0.4) is 0 Å². The Kier molecular flexibility index (Phi) is 8.37. The molecule has 7 nitrogen and oxygen atoms in total. The van der Waals surface area contributed by atoms with Gasteiger partial charge in [0.05, 0.1) is 35.4 Å². The monoisotopic (exact) mass is 526 g/mol. The summed E-state index contributed by atoms with van der Waals surface area (Å²) >= 11 is 11.8. The molecule has 180 valence electrons. The summed E-state index contributed by atoms with van der Waals surface area (Å²) in [6.07, 6.45) is 0.373. The number of sulfonamides is 1. The summed E-state index contributed by atoms with van der Waals surface area (Å²) in [4.78, 5) is 12.1. The number of hydrogen-bond acceptors (Lipinski definition) is 5. The molecule has 3 aromatic rings. The molecule has 0 saturated carbocycles. The predicted octanol–water partition coefficient (Wildman–Crippen LogP) is 4.92. The topological polar surface area (TPSA) is 93.7 Å². The largest absolute Gasteiger partial charge is 0.493 e. The molecule has 0 aliphatic rings. The van der Waals surface area contributed by atoms with E-state index in [2.05, 4.69) is 10.0 Å². The lowest BCUT2D eigenvalue weighted by Gasteiger charge is -2.12. The summed E-state index contributed by atoms with van der Waals surface area (Å²) in [5.41, 5.74) is 0.727. The van der Waals surface area contributed by atoms with Crippen molar-refractivity contribution in [3.63, 3.8) is 0 Å². The van der Waals surface area contributed by atoms with Crippen LogP contribution in [-0.2, 0) is 16.4 Å². The van der Waals surface area contributed by atoms with Gasteiger partial charge in [-0.2, -0.15) is 0 Å². The van der Waals surface area contributed by atoms with E-state index >= 15 is 0 Å². The highest BCUT2D eigenvalue weighted by molar-refractivity contribution is 7.89. The van der Waals surface area contributed by atoms with Crippen molar-refractivity contribution in [3.8, 4) is 11.5 Å². The first-order valence-corrected chi connectivity index (χ1v) is 12.1. The minimum atomic E-state index is -3.98. The SMILES string of the molecule is COc1ccc(CCNS(=O)(=O)c2ccc(NC(=O)c3ccc(Cl)cc3Cl)c(F)c2)cc1OC. The lowest BCUT2D eigenvalue weighted by Crippen LogP contribution is -2.26. The summed E-state index contributed by atoms with van der Waals surface area (Å²) in [7, 11) is -0.954. The molecule has 3 rings (SSSR count). The molecule has 0 aromatic heterocycles. The molecule has 0 unspecified atom stereocenters. The maximum Gasteiger partial charge on any atom is 0.257 e. The van der Waals surface area contributed by atoms with E-state index in [0.717, 1.165) is 11.6 Å². The second-order valence-electron chi connectivity index (χ2n) is 7.06. The van der Waals surface area contributed by atoms with E-state index in [0.29, 0.717) is 22.9 Å². The molecule has 0 heterocycles. The fourth-order valence-electron chi connectivity index (χ4n) is 3.08. The van der Waals surface area contributed by atoms with Crippen LogP contribution in [0.2, 0.25) is 10.0 Å². The van der Waals surface area contributed by atoms with E-state index in [9.17, 15) is 17.6 Å². The fourth-order valence-corrected chi connectivity index (χ4v) is 4.61. The smallest absolute Gasteiger partial charge is 0.257 e. The van der Waals surface area contributed by atoms with Crippen molar-refractivity contribution in [3.05, 3.63) is 81.6 Å². The van der Waals surface area contributed by atoms with Gasteiger partial charge >= 0.3 is 0 Å². The number of hydrogen-bond donors (Lipinski definition) is 2. The Morgan fingerprint density at radius 1 is 0.971 bits per heavy atom. The van der Waals surface area contributed by atoms with E-state index < -0.39 is 21.7 Å². The summed E-state index contributed by atoms with van der Waals surface area (Å²) < 4.78 is 52.6. The van der Waals surface area contributed by atoms with Gasteiger partial charge in [0.25, 0.3) is 5.91 Å². The number of nitrogens with one attached hydrogen (secondary N) is 2. The number of anilines is 1. The third-order valence-corrected chi connectivity index (χ3v) is 6.84. The van der Waals surface area contributed by atoms with Crippen molar-refractivity contribution in [2.24, 2.45) is 0 Å². The maximum atomic E-state index is 14.6. The summed E-state index contributed by atoms with van der Waals surface area (Å²) in [5, 5.41) is 2.82. The van der Waals surface area contributed by atoms with Crippen molar-refractivity contribution in [1.82, 2.24) is 4.72 Å². The van der Waals surface area contributed by atoms with Gasteiger partial charge in [0.15, 0.2) is 11.5 Å². The number of carbonyl (C=O) groups excluding carboxylic acids is 1. The van der Waals surface area contributed by atoms with Crippen LogP contribution in [0.15, 0.2) is 59.5 Å². The second kappa shape index (κ2) is 11.1. The molecule has 1 amide bonds. The molecule has 0 bridgehead atoms. The van der Waals surface area contributed by atoms with E-state index in [1.807, 2.05) is 0 Å². The van der Waals surface area contributed by atoms with Gasteiger partial charge in [-0.05, 0) is 60.5 Å². The van der Waals surface area contributed by atoms with Gasteiger partial charge < -0.3 is 14.8 Å². The average Bonchev–Trinajstić information content (AvgIpc) is 2.80. The number of amides is 1. The van der Waals surface area contributed by atoms with Crippen LogP contribution < -0.4 is 19.5 Å². The van der Waals surface area contributed by atoms with Crippen LogP contribution in [0.4, 0.5) is 10.1 Å². The summed E-state index contributed by atoms with van der Waals surface area (Å²) in [6, 6.07) is 12.7. The Bertz CT molecular complexity index is 1320. The van der Waals surface area contributed by atoms with Crippen molar-refractivity contribution >= 4 is 44.8 Å². The first-order chi connectivity index (χ1) is 16.1. The molecule has 0 fully saturated rings. The molecule has 0 radical (unpaired) electrons. The van der Waals surface area contributed by atoms with E-state index in [1.165, 1.54) is 44.6 Å². The Morgan fingerprint density at radius 2 is 1.71 bits per heavy atom. The molecule has 11 heteroatoms. The molecular formula is C23H21Cl2FN2O5S. The van der Waals surface area contributed by atoms with Gasteiger partial charge in [0.2, 0.25) is 10.0 Å². The zero-order valence-corrected chi connectivity index (χ0v) is 20.5. The number of carbonyl (C=O) groups is 1. The minimum absolute atomic E-state index is 0.0764. The zero-order valence-electron chi connectivity index (χ0n) is 18.2. The van der Waals surface area contributed by atoms with Crippen LogP contribution in [-0.4, -0.2) is 35.1 Å². The summed E-state index contributed by atoms with van der Waals surface area (Å²) in [5.74, 6) is -0.485. The highest BCUT2D eigenvalue weighted by Gasteiger charge is 2.18. The quantitative estimate of drug-likeness (QED) is 0.412. The zero-order chi connectivity index (χ0) is 24.9. The van der Waals surface area contributed by atoms with Gasteiger partial charge in [-0.15, -0.1) is 0 Å². The number of methoxy groups -OCH3 is 2. The first-order valence-electron chi connectivity index (χ1n) is 9.91. The molecule has 3 aromatic carbocycles.